The molecule has 0 fully saturated rings. The second-order valence-electron chi connectivity index (χ2n) is 7.15. The van der Waals surface area contributed by atoms with Gasteiger partial charge in [-0.3, -0.25) is 4.79 Å². The summed E-state index contributed by atoms with van der Waals surface area (Å²) < 4.78 is 0. The number of amides is 1. The van der Waals surface area contributed by atoms with Crippen LogP contribution in [-0.2, 0) is 12.8 Å². The van der Waals surface area contributed by atoms with Gasteiger partial charge in [-0.1, -0.05) is 13.8 Å². The number of fused-ring (bicyclic) bond motifs is 2. The molecule has 4 rings (SSSR count). The van der Waals surface area contributed by atoms with E-state index in [1.165, 1.54) is 16.9 Å². The van der Waals surface area contributed by atoms with E-state index in [4.69, 9.17) is 16.5 Å². The summed E-state index contributed by atoms with van der Waals surface area (Å²) >= 11 is 2.97. The topological polar surface area (TPSA) is 82.0 Å². The summed E-state index contributed by atoms with van der Waals surface area (Å²) in [6.45, 7) is 4.59. The Labute approximate surface area is 148 Å². The van der Waals surface area contributed by atoms with Gasteiger partial charge in [-0.25, -0.2) is 4.98 Å². The van der Waals surface area contributed by atoms with Gasteiger partial charge in [0, 0.05) is 11.1 Å². The number of aromatic nitrogens is 1. The molecule has 0 saturated heterocycles. The number of nitrogens with two attached hydrogens (primary N) is 2. The number of primary amides is 1. The van der Waals surface area contributed by atoms with E-state index in [0.29, 0.717) is 10.6 Å². The third kappa shape index (κ3) is 2.32. The van der Waals surface area contributed by atoms with Gasteiger partial charge in [-0.15, -0.1) is 11.3 Å². The quantitative estimate of drug-likeness (QED) is 0.720. The Kier molecular flexibility index (Phi) is 3.44. The van der Waals surface area contributed by atoms with E-state index in [0.717, 1.165) is 46.3 Å². The molecule has 0 unspecified atom stereocenters. The average Bonchev–Trinajstić information content (AvgIpc) is 3.13. The summed E-state index contributed by atoms with van der Waals surface area (Å²) in [6.07, 6.45) is 3.04. The number of hydrogen-bond acceptors (Lipinski definition) is 5. The van der Waals surface area contributed by atoms with Crippen LogP contribution in [0.25, 0.3) is 21.3 Å². The Morgan fingerprint density at radius 1 is 1.38 bits per heavy atom. The molecule has 0 spiro atoms. The van der Waals surface area contributed by atoms with Crippen LogP contribution in [0, 0.1) is 5.41 Å². The SMILES string of the molecule is CC1(C)CCc2nc3sc(C(N)=O)c(N)c3c(-c3ccsc3)c2C1. The lowest BCUT2D eigenvalue weighted by Crippen LogP contribution is -2.23. The highest BCUT2D eigenvalue weighted by atomic mass is 32.1. The Bertz CT molecular complexity index is 955. The normalized spacial score (nSPS) is 16.2. The molecule has 3 aromatic rings. The molecule has 3 heterocycles. The molecule has 1 aliphatic rings. The average molecular weight is 358 g/mol. The molecule has 4 nitrogen and oxygen atoms in total. The van der Waals surface area contributed by atoms with Crippen molar-refractivity contribution >= 4 is 44.5 Å². The van der Waals surface area contributed by atoms with E-state index in [-0.39, 0.29) is 5.41 Å². The molecule has 124 valence electrons. The van der Waals surface area contributed by atoms with Crippen molar-refractivity contribution in [3.05, 3.63) is 33.0 Å². The molecule has 1 amide bonds. The van der Waals surface area contributed by atoms with E-state index in [1.54, 1.807) is 11.3 Å². The predicted octanol–water partition coefficient (Wildman–Crippen LogP) is 4.22. The maximum Gasteiger partial charge on any atom is 0.260 e. The second kappa shape index (κ2) is 5.29. The van der Waals surface area contributed by atoms with Crippen LogP contribution in [-0.4, -0.2) is 10.9 Å². The molecule has 1 aliphatic carbocycles. The Balaban J connectivity index is 2.11. The van der Waals surface area contributed by atoms with Crippen LogP contribution < -0.4 is 11.5 Å². The number of thiophene rings is 2. The van der Waals surface area contributed by atoms with Crippen LogP contribution >= 0.6 is 22.7 Å². The van der Waals surface area contributed by atoms with E-state index < -0.39 is 5.91 Å². The van der Waals surface area contributed by atoms with Crippen LogP contribution in [0.1, 0.15) is 41.2 Å². The number of anilines is 1. The van der Waals surface area contributed by atoms with Crippen LogP contribution in [0.4, 0.5) is 5.69 Å². The molecular formula is C18H19N3OS2. The predicted molar refractivity (Wildman–Crippen MR) is 102 cm³/mol. The molecule has 0 aliphatic heterocycles. The largest absolute Gasteiger partial charge is 0.397 e. The molecule has 0 aromatic carbocycles. The first-order valence-corrected chi connectivity index (χ1v) is 9.69. The molecule has 0 atom stereocenters. The van der Waals surface area contributed by atoms with Crippen molar-refractivity contribution in [2.45, 2.75) is 33.1 Å². The third-order valence-corrected chi connectivity index (χ3v) is 6.59. The first-order valence-electron chi connectivity index (χ1n) is 7.93. The minimum atomic E-state index is -0.481. The van der Waals surface area contributed by atoms with Gasteiger partial charge < -0.3 is 11.5 Å². The number of pyridine rings is 1. The van der Waals surface area contributed by atoms with Gasteiger partial charge in [-0.2, -0.15) is 11.3 Å². The van der Waals surface area contributed by atoms with Gasteiger partial charge in [0.1, 0.15) is 9.71 Å². The van der Waals surface area contributed by atoms with Crippen LogP contribution in [0.2, 0.25) is 0 Å². The zero-order chi connectivity index (χ0) is 17.1. The zero-order valence-electron chi connectivity index (χ0n) is 13.7. The summed E-state index contributed by atoms with van der Waals surface area (Å²) in [5, 5.41) is 5.10. The van der Waals surface area contributed by atoms with Gasteiger partial charge in [0.05, 0.1) is 5.69 Å². The van der Waals surface area contributed by atoms with Crippen LogP contribution in [0.15, 0.2) is 16.8 Å². The fourth-order valence-corrected chi connectivity index (χ4v) is 5.19. The molecule has 6 heteroatoms. The van der Waals surface area contributed by atoms with Crippen molar-refractivity contribution < 1.29 is 4.79 Å². The van der Waals surface area contributed by atoms with Gasteiger partial charge in [-0.05, 0) is 58.2 Å². The number of nitrogen functional groups attached to an aromatic ring is 1. The highest BCUT2D eigenvalue weighted by Crippen LogP contribution is 2.46. The summed E-state index contributed by atoms with van der Waals surface area (Å²) in [4.78, 5) is 17.8. The molecule has 0 bridgehead atoms. The number of rotatable bonds is 2. The molecule has 3 aromatic heterocycles. The third-order valence-electron chi connectivity index (χ3n) is 4.79. The lowest BCUT2D eigenvalue weighted by Gasteiger charge is -2.32. The maximum absolute atomic E-state index is 11.7. The summed E-state index contributed by atoms with van der Waals surface area (Å²) in [6, 6.07) is 2.11. The van der Waals surface area contributed by atoms with E-state index in [9.17, 15) is 4.79 Å². The number of nitrogens with zero attached hydrogens (tertiary/aromatic N) is 1. The van der Waals surface area contributed by atoms with Crippen molar-refractivity contribution in [2.75, 3.05) is 5.73 Å². The molecule has 0 radical (unpaired) electrons. The molecule has 4 N–H and O–H groups in total. The number of carbonyl (C=O) groups excluding carboxylic acids is 1. The Morgan fingerprint density at radius 3 is 2.83 bits per heavy atom. The first-order chi connectivity index (χ1) is 11.4. The summed E-state index contributed by atoms with van der Waals surface area (Å²) in [5.74, 6) is -0.481. The standard InChI is InChI=1S/C18H19N3OS2/c1-18(2)5-3-11-10(7-18)12(9-4-6-23-8-9)13-14(19)15(16(20)22)24-17(13)21-11/h4,6,8H,3,5,7,19H2,1-2H3,(H2,20,22). The van der Waals surface area contributed by atoms with Crippen molar-refractivity contribution in [1.29, 1.82) is 0 Å². The van der Waals surface area contributed by atoms with E-state index >= 15 is 0 Å². The summed E-state index contributed by atoms with van der Waals surface area (Å²) in [7, 11) is 0. The van der Waals surface area contributed by atoms with Crippen molar-refractivity contribution in [3.8, 4) is 11.1 Å². The Hall–Kier alpha value is -1.92. The van der Waals surface area contributed by atoms with Crippen LogP contribution in [0.5, 0.6) is 0 Å². The monoisotopic (exact) mass is 357 g/mol. The van der Waals surface area contributed by atoms with E-state index in [2.05, 4.69) is 30.7 Å². The fraction of sp³-hybridized carbons (Fsp3) is 0.333. The summed E-state index contributed by atoms with van der Waals surface area (Å²) in [5.41, 5.74) is 17.3. The van der Waals surface area contributed by atoms with Gasteiger partial charge in [0.15, 0.2) is 0 Å². The number of carbonyl (C=O) groups is 1. The van der Waals surface area contributed by atoms with Gasteiger partial charge in [0.25, 0.3) is 5.91 Å². The Morgan fingerprint density at radius 2 is 2.17 bits per heavy atom. The molecule has 24 heavy (non-hydrogen) atoms. The maximum atomic E-state index is 11.7. The minimum absolute atomic E-state index is 0.241. The second-order valence-corrected chi connectivity index (χ2v) is 8.93. The van der Waals surface area contributed by atoms with Gasteiger partial charge >= 0.3 is 0 Å². The molecular weight excluding hydrogens is 338 g/mol. The number of aryl methyl sites for hydroxylation is 1. The smallest absolute Gasteiger partial charge is 0.260 e. The lowest BCUT2D eigenvalue weighted by atomic mass is 9.74. The zero-order valence-corrected chi connectivity index (χ0v) is 15.3. The van der Waals surface area contributed by atoms with Gasteiger partial charge in [0.2, 0.25) is 0 Å². The van der Waals surface area contributed by atoms with E-state index in [1.807, 2.05) is 0 Å². The van der Waals surface area contributed by atoms with Crippen LogP contribution in [0.3, 0.4) is 0 Å². The lowest BCUT2D eigenvalue weighted by molar-refractivity contribution is 0.100. The highest BCUT2D eigenvalue weighted by molar-refractivity contribution is 7.21. The number of hydrogen-bond donors (Lipinski definition) is 2. The van der Waals surface area contributed by atoms with Crippen molar-refractivity contribution in [3.63, 3.8) is 0 Å². The van der Waals surface area contributed by atoms with Crippen molar-refractivity contribution in [1.82, 2.24) is 4.98 Å². The first kappa shape index (κ1) is 15.6. The highest BCUT2D eigenvalue weighted by Gasteiger charge is 2.31. The fourth-order valence-electron chi connectivity index (χ4n) is 3.57. The minimum Gasteiger partial charge on any atom is -0.397 e. The van der Waals surface area contributed by atoms with Crippen molar-refractivity contribution in [2.24, 2.45) is 11.1 Å². The molecule has 0 saturated carbocycles.